The summed E-state index contributed by atoms with van der Waals surface area (Å²) < 4.78 is 1.73. The molecule has 0 radical (unpaired) electrons. The van der Waals surface area contributed by atoms with Crippen LogP contribution in [0.25, 0.3) is 0 Å². The van der Waals surface area contributed by atoms with E-state index in [0.717, 1.165) is 35.2 Å². The van der Waals surface area contributed by atoms with Gasteiger partial charge in [0.15, 0.2) is 0 Å². The van der Waals surface area contributed by atoms with Crippen LogP contribution in [0.15, 0.2) is 0 Å². The second-order valence-electron chi connectivity index (χ2n) is 5.43. The molecule has 0 aromatic carbocycles. The van der Waals surface area contributed by atoms with Crippen LogP contribution in [-0.2, 0) is 13.5 Å². The number of nitrogens with zero attached hydrogens (tertiary/aromatic N) is 2. The molecule has 1 aliphatic rings. The third kappa shape index (κ3) is 3.05. The van der Waals surface area contributed by atoms with Crippen molar-refractivity contribution in [1.29, 1.82) is 0 Å². The minimum absolute atomic E-state index is 0.300. The maximum absolute atomic E-state index is 6.26. The summed E-state index contributed by atoms with van der Waals surface area (Å²) in [6, 6.07) is 0.300. The smallest absolute Gasteiger partial charge is 0.130 e. The SMILES string of the molecule is Cc1nn(C)c(Cl)c1CC(CC1CCCC1)NN. The molecule has 0 amide bonds. The summed E-state index contributed by atoms with van der Waals surface area (Å²) in [5, 5.41) is 5.08. The van der Waals surface area contributed by atoms with Crippen LogP contribution in [0.2, 0.25) is 5.15 Å². The average Bonchev–Trinajstić information content (AvgIpc) is 2.92. The maximum atomic E-state index is 6.26. The standard InChI is InChI=1S/C13H23ClN4/c1-9-12(13(14)18(2)17-9)8-11(16-15)7-10-5-3-4-6-10/h10-11,16H,3-8,15H2,1-2H3. The third-order valence-electron chi connectivity index (χ3n) is 4.05. The Hall–Kier alpha value is -0.580. The number of nitrogens with two attached hydrogens (primary N) is 1. The van der Waals surface area contributed by atoms with Crippen LogP contribution < -0.4 is 11.3 Å². The fraction of sp³-hybridized carbons (Fsp3) is 0.769. The quantitative estimate of drug-likeness (QED) is 0.638. The molecule has 0 saturated heterocycles. The summed E-state index contributed by atoms with van der Waals surface area (Å²) in [4.78, 5) is 0. The molecule has 0 bridgehead atoms. The van der Waals surface area contributed by atoms with Gasteiger partial charge in [0.2, 0.25) is 0 Å². The third-order valence-corrected chi connectivity index (χ3v) is 4.52. The number of nitrogens with one attached hydrogen (secondary N) is 1. The highest BCUT2D eigenvalue weighted by molar-refractivity contribution is 6.30. The Labute approximate surface area is 114 Å². The second-order valence-corrected chi connectivity index (χ2v) is 5.79. The van der Waals surface area contributed by atoms with E-state index in [1.165, 1.54) is 25.7 Å². The van der Waals surface area contributed by atoms with Gasteiger partial charge in [0.1, 0.15) is 5.15 Å². The molecule has 1 aliphatic carbocycles. The molecule has 2 rings (SSSR count). The van der Waals surface area contributed by atoms with Crippen molar-refractivity contribution in [2.75, 3.05) is 0 Å². The van der Waals surface area contributed by atoms with Crippen molar-refractivity contribution in [2.45, 2.75) is 51.5 Å². The first-order chi connectivity index (χ1) is 8.61. The van der Waals surface area contributed by atoms with Crippen LogP contribution >= 0.6 is 11.6 Å². The van der Waals surface area contributed by atoms with Gasteiger partial charge in [0.25, 0.3) is 0 Å². The van der Waals surface area contributed by atoms with E-state index in [4.69, 9.17) is 17.4 Å². The van der Waals surface area contributed by atoms with E-state index >= 15 is 0 Å². The number of aromatic nitrogens is 2. The monoisotopic (exact) mass is 270 g/mol. The first-order valence-electron chi connectivity index (χ1n) is 6.76. The molecule has 1 unspecified atom stereocenters. The largest absolute Gasteiger partial charge is 0.271 e. The highest BCUT2D eigenvalue weighted by Crippen LogP contribution is 2.30. The first-order valence-corrected chi connectivity index (χ1v) is 7.13. The Morgan fingerprint density at radius 2 is 2.17 bits per heavy atom. The molecule has 4 nitrogen and oxygen atoms in total. The van der Waals surface area contributed by atoms with Crippen molar-refractivity contribution in [2.24, 2.45) is 18.8 Å². The average molecular weight is 271 g/mol. The second kappa shape index (κ2) is 6.04. The molecule has 1 heterocycles. The molecule has 18 heavy (non-hydrogen) atoms. The molecule has 0 spiro atoms. The summed E-state index contributed by atoms with van der Waals surface area (Å²) in [5.41, 5.74) is 5.08. The number of rotatable bonds is 5. The normalized spacial score (nSPS) is 18.4. The van der Waals surface area contributed by atoms with E-state index in [1.54, 1.807) is 4.68 Å². The number of aryl methyl sites for hydroxylation is 2. The molecule has 1 aromatic rings. The number of hydrogen-bond acceptors (Lipinski definition) is 3. The van der Waals surface area contributed by atoms with Crippen LogP contribution in [0.5, 0.6) is 0 Å². The minimum Gasteiger partial charge on any atom is -0.271 e. The van der Waals surface area contributed by atoms with Crippen molar-refractivity contribution >= 4 is 11.6 Å². The Kier molecular flexibility index (Phi) is 4.65. The summed E-state index contributed by atoms with van der Waals surface area (Å²) in [6.07, 6.45) is 7.44. The predicted molar refractivity (Wildman–Crippen MR) is 74.3 cm³/mol. The van der Waals surface area contributed by atoms with Gasteiger partial charge in [-0.25, -0.2) is 0 Å². The van der Waals surface area contributed by atoms with Crippen molar-refractivity contribution < 1.29 is 0 Å². The summed E-state index contributed by atoms with van der Waals surface area (Å²) in [7, 11) is 1.88. The van der Waals surface area contributed by atoms with Gasteiger partial charge in [-0.3, -0.25) is 16.0 Å². The number of hydrogen-bond donors (Lipinski definition) is 2. The predicted octanol–water partition coefficient (Wildman–Crippen LogP) is 2.34. The van der Waals surface area contributed by atoms with E-state index in [2.05, 4.69) is 10.5 Å². The van der Waals surface area contributed by atoms with Crippen molar-refractivity contribution in [3.05, 3.63) is 16.4 Å². The van der Waals surface area contributed by atoms with E-state index < -0.39 is 0 Å². The highest BCUT2D eigenvalue weighted by atomic mass is 35.5. The van der Waals surface area contributed by atoms with Crippen LogP contribution in [0.1, 0.15) is 43.4 Å². The number of halogens is 1. The summed E-state index contributed by atoms with van der Waals surface area (Å²) >= 11 is 6.26. The van der Waals surface area contributed by atoms with Gasteiger partial charge in [-0.15, -0.1) is 0 Å². The Morgan fingerprint density at radius 1 is 1.50 bits per heavy atom. The molecule has 1 atom stereocenters. The zero-order chi connectivity index (χ0) is 13.1. The van der Waals surface area contributed by atoms with Gasteiger partial charge in [-0.05, 0) is 25.7 Å². The molecule has 1 fully saturated rings. The molecule has 1 aromatic heterocycles. The summed E-state index contributed by atoms with van der Waals surface area (Å²) in [6.45, 7) is 2.00. The van der Waals surface area contributed by atoms with Crippen LogP contribution in [0, 0.1) is 12.8 Å². The van der Waals surface area contributed by atoms with Gasteiger partial charge in [-0.1, -0.05) is 37.3 Å². The van der Waals surface area contributed by atoms with Gasteiger partial charge < -0.3 is 0 Å². The lowest BCUT2D eigenvalue weighted by Gasteiger charge is -2.19. The fourth-order valence-corrected chi connectivity index (χ4v) is 3.26. The highest BCUT2D eigenvalue weighted by Gasteiger charge is 2.22. The fourth-order valence-electron chi connectivity index (χ4n) is 3.01. The van der Waals surface area contributed by atoms with Crippen LogP contribution in [0.4, 0.5) is 0 Å². The Bertz CT molecular complexity index is 396. The molecule has 3 N–H and O–H groups in total. The van der Waals surface area contributed by atoms with Crippen LogP contribution in [-0.4, -0.2) is 15.8 Å². The maximum Gasteiger partial charge on any atom is 0.130 e. The topological polar surface area (TPSA) is 55.9 Å². The Balaban J connectivity index is 2.00. The minimum atomic E-state index is 0.300. The van der Waals surface area contributed by atoms with E-state index in [1.807, 2.05) is 14.0 Å². The lowest BCUT2D eigenvalue weighted by Crippen LogP contribution is -2.38. The first kappa shape index (κ1) is 13.8. The van der Waals surface area contributed by atoms with Gasteiger partial charge in [-0.2, -0.15) is 5.10 Å². The van der Waals surface area contributed by atoms with Gasteiger partial charge >= 0.3 is 0 Å². The zero-order valence-electron chi connectivity index (χ0n) is 11.2. The van der Waals surface area contributed by atoms with Gasteiger partial charge in [0.05, 0.1) is 5.69 Å². The van der Waals surface area contributed by atoms with E-state index in [-0.39, 0.29) is 0 Å². The number of hydrazine groups is 1. The molecule has 0 aliphatic heterocycles. The lowest BCUT2D eigenvalue weighted by molar-refractivity contribution is 0.389. The van der Waals surface area contributed by atoms with Crippen molar-refractivity contribution in [3.63, 3.8) is 0 Å². The van der Waals surface area contributed by atoms with Gasteiger partial charge in [0, 0.05) is 18.7 Å². The summed E-state index contributed by atoms with van der Waals surface area (Å²) in [5.74, 6) is 6.51. The molecule has 102 valence electrons. The van der Waals surface area contributed by atoms with Crippen molar-refractivity contribution in [1.82, 2.24) is 15.2 Å². The Morgan fingerprint density at radius 3 is 2.67 bits per heavy atom. The van der Waals surface area contributed by atoms with E-state index in [9.17, 15) is 0 Å². The molecule has 5 heteroatoms. The lowest BCUT2D eigenvalue weighted by atomic mass is 9.94. The van der Waals surface area contributed by atoms with Crippen LogP contribution in [0.3, 0.4) is 0 Å². The van der Waals surface area contributed by atoms with E-state index in [0.29, 0.717) is 6.04 Å². The molecule has 1 saturated carbocycles. The molecular formula is C13H23ClN4. The van der Waals surface area contributed by atoms with Crippen molar-refractivity contribution in [3.8, 4) is 0 Å². The molecular weight excluding hydrogens is 248 g/mol. The zero-order valence-corrected chi connectivity index (χ0v) is 12.0.